The van der Waals surface area contributed by atoms with Gasteiger partial charge in [-0.1, -0.05) is 12.1 Å². The zero-order valence-corrected chi connectivity index (χ0v) is 18.2. The number of thiazole rings is 1. The van der Waals surface area contributed by atoms with E-state index >= 15 is 0 Å². The van der Waals surface area contributed by atoms with Crippen molar-refractivity contribution in [2.24, 2.45) is 4.99 Å². The summed E-state index contributed by atoms with van der Waals surface area (Å²) in [5.41, 5.74) is 0.914. The van der Waals surface area contributed by atoms with Crippen molar-refractivity contribution in [1.29, 1.82) is 0 Å². The van der Waals surface area contributed by atoms with Gasteiger partial charge in [-0.05, 0) is 31.2 Å². The Bertz CT molecular complexity index is 890. The first-order valence-electron chi connectivity index (χ1n) is 8.48. The molecule has 0 radical (unpaired) electrons. The Morgan fingerprint density at radius 1 is 1.18 bits per heavy atom. The number of nitrogens with zero attached hydrogens (tertiary/aromatic N) is 2. The molecule has 2 aromatic heterocycles. The van der Waals surface area contributed by atoms with Crippen molar-refractivity contribution in [2.75, 3.05) is 13.1 Å². The molecule has 0 bridgehead atoms. The van der Waals surface area contributed by atoms with Crippen LogP contribution in [0, 0.1) is 0 Å². The summed E-state index contributed by atoms with van der Waals surface area (Å²) in [5.74, 6) is 1.58. The molecule has 0 aliphatic carbocycles. The van der Waals surface area contributed by atoms with E-state index in [1.54, 1.807) is 6.07 Å². The van der Waals surface area contributed by atoms with Crippen LogP contribution in [0.15, 0.2) is 45.8 Å². The lowest BCUT2D eigenvalue weighted by Crippen LogP contribution is -2.38. The highest BCUT2D eigenvalue weighted by Crippen LogP contribution is 2.31. The number of benzene rings is 1. The number of hydrogen-bond donors (Lipinski definition) is 2. The molecule has 0 fully saturated rings. The van der Waals surface area contributed by atoms with Crippen molar-refractivity contribution in [2.45, 2.75) is 26.1 Å². The van der Waals surface area contributed by atoms with Crippen LogP contribution in [0.5, 0.6) is 0 Å². The Morgan fingerprint density at radius 2 is 1.96 bits per heavy atom. The molecule has 0 aliphatic rings. The number of guanidine groups is 1. The van der Waals surface area contributed by atoms with Gasteiger partial charge in [-0.15, -0.1) is 35.3 Å². The third-order valence-electron chi connectivity index (χ3n) is 3.60. The third kappa shape index (κ3) is 6.36. The van der Waals surface area contributed by atoms with Gasteiger partial charge in [0.25, 0.3) is 0 Å². The molecule has 0 atom stereocenters. The molecule has 5 nitrogen and oxygen atoms in total. The lowest BCUT2D eigenvalue weighted by atomic mass is 10.3. The van der Waals surface area contributed by atoms with Crippen molar-refractivity contribution in [1.82, 2.24) is 15.6 Å². The van der Waals surface area contributed by atoms with Crippen LogP contribution in [0.1, 0.15) is 19.1 Å². The van der Waals surface area contributed by atoms with Gasteiger partial charge in [-0.3, -0.25) is 0 Å². The lowest BCUT2D eigenvalue weighted by molar-refractivity contribution is -0.132. The standard InChI is InChI=1S/C18H19F3N4OS.HI/c1-2-22-17(23-10-9-18(19,20)21)24-11-12-7-8-14(26-12)16-25-13-5-3-4-6-15(13)27-16;/h3-8H,2,9-11H2,1H3,(H2,22,23,24);1H. The number of aromatic nitrogens is 1. The van der Waals surface area contributed by atoms with Gasteiger partial charge in [-0.25, -0.2) is 9.98 Å². The van der Waals surface area contributed by atoms with Gasteiger partial charge in [0.1, 0.15) is 12.3 Å². The van der Waals surface area contributed by atoms with Crippen LogP contribution in [0.25, 0.3) is 21.0 Å². The summed E-state index contributed by atoms with van der Waals surface area (Å²) in [5, 5.41) is 6.36. The fourth-order valence-corrected chi connectivity index (χ4v) is 3.30. The lowest BCUT2D eigenvalue weighted by Gasteiger charge is -2.12. The number of nitrogens with one attached hydrogen (secondary N) is 2. The fourth-order valence-electron chi connectivity index (χ4n) is 2.38. The second-order valence-corrected chi connectivity index (χ2v) is 6.77. The molecule has 0 unspecified atom stereocenters. The van der Waals surface area contributed by atoms with Crippen LogP contribution >= 0.6 is 35.3 Å². The number of halogens is 4. The van der Waals surface area contributed by atoms with Crippen molar-refractivity contribution in [3.8, 4) is 10.8 Å². The highest BCUT2D eigenvalue weighted by Gasteiger charge is 2.26. The van der Waals surface area contributed by atoms with E-state index in [4.69, 9.17) is 4.42 Å². The normalized spacial score (nSPS) is 12.1. The highest BCUT2D eigenvalue weighted by molar-refractivity contribution is 14.0. The molecule has 0 saturated carbocycles. The predicted octanol–water partition coefficient (Wildman–Crippen LogP) is 5.18. The van der Waals surface area contributed by atoms with Crippen LogP contribution in [-0.4, -0.2) is 30.2 Å². The third-order valence-corrected chi connectivity index (χ3v) is 4.66. The molecular formula is C18H20F3IN4OS. The van der Waals surface area contributed by atoms with Crippen molar-refractivity contribution >= 4 is 51.5 Å². The minimum atomic E-state index is -4.20. The first-order chi connectivity index (χ1) is 12.9. The average molecular weight is 524 g/mol. The summed E-state index contributed by atoms with van der Waals surface area (Å²) in [7, 11) is 0. The molecule has 0 amide bonds. The van der Waals surface area contributed by atoms with Crippen molar-refractivity contribution < 1.29 is 17.6 Å². The number of rotatable bonds is 6. The molecule has 28 heavy (non-hydrogen) atoms. The zero-order valence-electron chi connectivity index (χ0n) is 15.0. The van der Waals surface area contributed by atoms with E-state index in [2.05, 4.69) is 20.6 Å². The molecule has 10 heteroatoms. The molecule has 2 heterocycles. The van der Waals surface area contributed by atoms with Gasteiger partial charge in [0.15, 0.2) is 16.7 Å². The van der Waals surface area contributed by atoms with Crippen molar-refractivity contribution in [3.63, 3.8) is 0 Å². The second kappa shape index (κ2) is 10.1. The smallest absolute Gasteiger partial charge is 0.390 e. The topological polar surface area (TPSA) is 62.5 Å². The Morgan fingerprint density at radius 3 is 2.68 bits per heavy atom. The predicted molar refractivity (Wildman–Crippen MR) is 116 cm³/mol. The first kappa shape index (κ1) is 22.5. The maximum Gasteiger partial charge on any atom is 0.390 e. The zero-order chi connectivity index (χ0) is 19.3. The van der Waals surface area contributed by atoms with Gasteiger partial charge in [0.05, 0.1) is 16.6 Å². The number of fused-ring (bicyclic) bond motifs is 1. The molecule has 3 aromatic rings. The molecule has 0 aliphatic heterocycles. The van der Waals surface area contributed by atoms with E-state index in [9.17, 15) is 13.2 Å². The highest BCUT2D eigenvalue weighted by atomic mass is 127. The maximum atomic E-state index is 12.3. The van der Waals surface area contributed by atoms with Crippen LogP contribution in [0.2, 0.25) is 0 Å². The SMILES string of the molecule is CCNC(=NCc1ccc(-c2nc3ccccc3s2)o1)NCCC(F)(F)F.I. The summed E-state index contributed by atoms with van der Waals surface area (Å²) in [6, 6.07) is 11.5. The van der Waals surface area contributed by atoms with Crippen LogP contribution in [0.3, 0.4) is 0 Å². The van der Waals surface area contributed by atoms with E-state index in [-0.39, 0.29) is 37.1 Å². The minimum absolute atomic E-state index is 0. The van der Waals surface area contributed by atoms with Gasteiger partial charge >= 0.3 is 6.18 Å². The van der Waals surface area contributed by atoms with Crippen molar-refractivity contribution in [3.05, 3.63) is 42.2 Å². The van der Waals surface area contributed by atoms with E-state index in [1.807, 2.05) is 37.3 Å². The number of aliphatic imine (C=N–C) groups is 1. The average Bonchev–Trinajstić information content (AvgIpc) is 3.25. The number of furan rings is 1. The Kier molecular flexibility index (Phi) is 8.10. The Balaban J connectivity index is 0.00000280. The number of alkyl halides is 3. The van der Waals surface area contributed by atoms with Crippen LogP contribution < -0.4 is 10.6 Å². The quantitative estimate of drug-likeness (QED) is 0.265. The number of hydrogen-bond acceptors (Lipinski definition) is 4. The summed E-state index contributed by atoms with van der Waals surface area (Å²) >= 11 is 1.54. The van der Waals surface area contributed by atoms with Crippen LogP contribution in [0.4, 0.5) is 13.2 Å². The Hall–Kier alpha value is -1.82. The summed E-state index contributed by atoms with van der Waals surface area (Å²) < 4.78 is 43.7. The van der Waals surface area contributed by atoms with Gasteiger partial charge < -0.3 is 15.1 Å². The van der Waals surface area contributed by atoms with Crippen LogP contribution in [-0.2, 0) is 6.54 Å². The Labute approximate surface area is 181 Å². The molecule has 3 rings (SSSR count). The largest absolute Gasteiger partial charge is 0.457 e. The van der Waals surface area contributed by atoms with Gasteiger partial charge in [0, 0.05) is 13.1 Å². The summed E-state index contributed by atoms with van der Waals surface area (Å²) in [4.78, 5) is 8.81. The van der Waals surface area contributed by atoms with Gasteiger partial charge in [-0.2, -0.15) is 13.2 Å². The van der Waals surface area contributed by atoms with E-state index in [0.717, 1.165) is 15.2 Å². The monoisotopic (exact) mass is 524 g/mol. The van der Waals surface area contributed by atoms with Gasteiger partial charge in [0.2, 0.25) is 0 Å². The first-order valence-corrected chi connectivity index (χ1v) is 9.30. The second-order valence-electron chi connectivity index (χ2n) is 5.74. The summed E-state index contributed by atoms with van der Waals surface area (Å²) in [6.45, 7) is 2.38. The molecule has 1 aromatic carbocycles. The van der Waals surface area contributed by atoms with E-state index < -0.39 is 12.6 Å². The molecular weight excluding hydrogens is 504 g/mol. The van der Waals surface area contributed by atoms with E-state index in [1.165, 1.54) is 11.3 Å². The molecule has 0 spiro atoms. The fraction of sp³-hybridized carbons (Fsp3) is 0.333. The molecule has 0 saturated heterocycles. The van der Waals surface area contributed by atoms with E-state index in [0.29, 0.717) is 24.0 Å². The molecule has 2 N–H and O–H groups in total. The number of para-hydroxylation sites is 1. The maximum absolute atomic E-state index is 12.3. The molecule has 152 valence electrons. The summed E-state index contributed by atoms with van der Waals surface area (Å²) in [6.07, 6.45) is -5.11. The minimum Gasteiger partial charge on any atom is -0.457 e.